The van der Waals surface area contributed by atoms with Crippen molar-refractivity contribution in [2.45, 2.75) is 39.3 Å². The first kappa shape index (κ1) is 20.3. The van der Waals surface area contributed by atoms with Crippen LogP contribution in [-0.4, -0.2) is 44.2 Å². The Balaban J connectivity index is 1.44. The van der Waals surface area contributed by atoms with Crippen LogP contribution in [0, 0.1) is 13.8 Å². The number of aryl methyl sites for hydroxylation is 2. The van der Waals surface area contributed by atoms with E-state index < -0.39 is 0 Å². The first-order valence-corrected chi connectivity index (χ1v) is 11.0. The molecule has 5 rings (SSSR count). The fourth-order valence-corrected chi connectivity index (χ4v) is 4.62. The Morgan fingerprint density at radius 2 is 2.03 bits per heavy atom. The van der Waals surface area contributed by atoms with Gasteiger partial charge in [-0.2, -0.15) is 5.10 Å². The zero-order valence-electron chi connectivity index (χ0n) is 18.6. The molecule has 1 saturated heterocycles. The van der Waals surface area contributed by atoms with Gasteiger partial charge in [0.25, 0.3) is 5.91 Å². The summed E-state index contributed by atoms with van der Waals surface area (Å²) in [7, 11) is 1.65. The van der Waals surface area contributed by atoms with Crippen LogP contribution >= 0.6 is 0 Å². The number of H-pyrrole nitrogens is 1. The molecule has 4 aromatic rings. The molecular formula is C25H27N5O2. The summed E-state index contributed by atoms with van der Waals surface area (Å²) in [6.45, 7) is 5.28. The number of nitrogens with zero attached hydrogens (tertiary/aromatic N) is 4. The highest BCUT2D eigenvalue weighted by atomic mass is 16.5. The number of hydrogen-bond donors (Lipinski definition) is 1. The Labute approximate surface area is 187 Å². The minimum atomic E-state index is -0.0449. The van der Waals surface area contributed by atoms with Gasteiger partial charge in [0.05, 0.1) is 36.4 Å². The molecule has 0 spiro atoms. The third-order valence-corrected chi connectivity index (χ3v) is 6.19. The zero-order chi connectivity index (χ0) is 22.2. The van der Waals surface area contributed by atoms with Gasteiger partial charge >= 0.3 is 0 Å². The van der Waals surface area contributed by atoms with E-state index in [1.807, 2.05) is 72.0 Å². The van der Waals surface area contributed by atoms with Gasteiger partial charge in [0.2, 0.25) is 0 Å². The van der Waals surface area contributed by atoms with Crippen LogP contribution in [0.4, 0.5) is 0 Å². The molecule has 1 atom stereocenters. The standard InChI is InChI=1S/C25H27N5O2/c1-16-13-17(2)30(28-16)15-19-14-18(10-11-23(19)32-3)25(31)29-12-6-9-22(29)24-26-20-7-4-5-8-21(20)27-24/h4-5,7-8,10-11,13-14,22H,6,9,12,15H2,1-3H3,(H,26,27). The van der Waals surface area contributed by atoms with Crippen molar-refractivity contribution in [3.63, 3.8) is 0 Å². The zero-order valence-corrected chi connectivity index (χ0v) is 18.6. The SMILES string of the molecule is COc1ccc(C(=O)N2CCCC2c2nc3ccccc3[nH]2)cc1Cn1nc(C)cc1C. The van der Waals surface area contributed by atoms with E-state index in [1.54, 1.807) is 7.11 Å². The molecule has 1 N–H and O–H groups in total. The van der Waals surface area contributed by atoms with E-state index in [0.717, 1.165) is 58.9 Å². The number of fused-ring (bicyclic) bond motifs is 1. The molecule has 0 bridgehead atoms. The number of benzene rings is 2. The summed E-state index contributed by atoms with van der Waals surface area (Å²) in [4.78, 5) is 23.6. The van der Waals surface area contributed by atoms with Crippen molar-refractivity contribution >= 4 is 16.9 Å². The van der Waals surface area contributed by atoms with Crippen LogP contribution in [0.2, 0.25) is 0 Å². The molecule has 2 aromatic heterocycles. The quantitative estimate of drug-likeness (QED) is 0.510. The van der Waals surface area contributed by atoms with Crippen LogP contribution < -0.4 is 4.74 Å². The highest BCUT2D eigenvalue weighted by Gasteiger charge is 2.33. The number of aromatic amines is 1. The van der Waals surface area contributed by atoms with Gasteiger partial charge in [0.15, 0.2) is 0 Å². The molecule has 1 aliphatic rings. The van der Waals surface area contributed by atoms with Crippen molar-refractivity contribution in [2.24, 2.45) is 0 Å². The Morgan fingerprint density at radius 1 is 1.19 bits per heavy atom. The molecule has 7 nitrogen and oxygen atoms in total. The number of rotatable bonds is 5. The summed E-state index contributed by atoms with van der Waals surface area (Å²) in [5, 5.41) is 4.56. The average Bonchev–Trinajstić information content (AvgIpc) is 3.51. The minimum absolute atomic E-state index is 0.0187. The lowest BCUT2D eigenvalue weighted by molar-refractivity contribution is 0.0730. The van der Waals surface area contributed by atoms with Crippen LogP contribution in [0.15, 0.2) is 48.5 Å². The number of amides is 1. The van der Waals surface area contributed by atoms with E-state index in [2.05, 4.69) is 10.1 Å². The number of ether oxygens (including phenoxy) is 1. The fraction of sp³-hybridized carbons (Fsp3) is 0.320. The van der Waals surface area contributed by atoms with Crippen molar-refractivity contribution in [3.05, 3.63) is 76.9 Å². The van der Waals surface area contributed by atoms with E-state index in [0.29, 0.717) is 12.1 Å². The molecule has 0 aliphatic carbocycles. The Hall–Kier alpha value is -3.61. The molecule has 2 aromatic carbocycles. The predicted molar refractivity (Wildman–Crippen MR) is 123 cm³/mol. The van der Waals surface area contributed by atoms with Gasteiger partial charge in [-0.05, 0) is 63.1 Å². The van der Waals surface area contributed by atoms with E-state index in [4.69, 9.17) is 9.72 Å². The lowest BCUT2D eigenvalue weighted by Crippen LogP contribution is -2.31. The van der Waals surface area contributed by atoms with Crippen LogP contribution in [0.25, 0.3) is 11.0 Å². The summed E-state index contributed by atoms with van der Waals surface area (Å²) in [5.74, 6) is 1.63. The number of hydrogen-bond acceptors (Lipinski definition) is 4. The van der Waals surface area contributed by atoms with Gasteiger partial charge in [-0.3, -0.25) is 9.48 Å². The number of carbonyl (C=O) groups excluding carboxylic acids is 1. The Kier molecular flexibility index (Phi) is 5.17. The smallest absolute Gasteiger partial charge is 0.254 e. The van der Waals surface area contributed by atoms with E-state index >= 15 is 0 Å². The van der Waals surface area contributed by atoms with Crippen LogP contribution in [0.5, 0.6) is 5.75 Å². The number of aromatic nitrogens is 4. The fourth-order valence-electron chi connectivity index (χ4n) is 4.62. The lowest BCUT2D eigenvalue weighted by Gasteiger charge is -2.24. The molecule has 1 unspecified atom stereocenters. The normalized spacial score (nSPS) is 16.1. The summed E-state index contributed by atoms with van der Waals surface area (Å²) < 4.78 is 7.51. The molecule has 1 fully saturated rings. The van der Waals surface area contributed by atoms with E-state index in [1.165, 1.54) is 0 Å². The number of methoxy groups -OCH3 is 1. The molecule has 1 aliphatic heterocycles. The summed E-state index contributed by atoms with van der Waals surface area (Å²) in [6.07, 6.45) is 1.86. The first-order valence-electron chi connectivity index (χ1n) is 11.0. The van der Waals surface area contributed by atoms with Crippen LogP contribution in [-0.2, 0) is 6.54 Å². The van der Waals surface area contributed by atoms with Crippen molar-refractivity contribution < 1.29 is 9.53 Å². The minimum Gasteiger partial charge on any atom is -0.496 e. The summed E-state index contributed by atoms with van der Waals surface area (Å²) >= 11 is 0. The highest BCUT2D eigenvalue weighted by Crippen LogP contribution is 2.33. The Bertz CT molecular complexity index is 1260. The van der Waals surface area contributed by atoms with Crippen molar-refractivity contribution in [3.8, 4) is 5.75 Å². The lowest BCUT2D eigenvalue weighted by atomic mass is 10.1. The van der Waals surface area contributed by atoms with E-state index in [9.17, 15) is 4.79 Å². The molecule has 3 heterocycles. The predicted octanol–water partition coefficient (Wildman–Crippen LogP) is 4.41. The number of para-hydroxylation sites is 2. The molecule has 32 heavy (non-hydrogen) atoms. The molecule has 0 saturated carbocycles. The maximum atomic E-state index is 13.5. The van der Waals surface area contributed by atoms with Gasteiger partial charge in [0, 0.05) is 23.4 Å². The van der Waals surface area contributed by atoms with Gasteiger partial charge in [-0.15, -0.1) is 0 Å². The second-order valence-electron chi connectivity index (χ2n) is 8.41. The maximum absolute atomic E-state index is 13.5. The summed E-state index contributed by atoms with van der Waals surface area (Å²) in [5.41, 5.74) is 5.57. The maximum Gasteiger partial charge on any atom is 0.254 e. The number of carbonyl (C=O) groups is 1. The Morgan fingerprint density at radius 3 is 2.78 bits per heavy atom. The topological polar surface area (TPSA) is 76.0 Å². The van der Waals surface area contributed by atoms with Gasteiger partial charge in [-0.1, -0.05) is 12.1 Å². The third kappa shape index (κ3) is 3.64. The molecule has 0 radical (unpaired) electrons. The molecular weight excluding hydrogens is 402 g/mol. The van der Waals surface area contributed by atoms with E-state index in [-0.39, 0.29) is 11.9 Å². The molecule has 164 valence electrons. The van der Waals surface area contributed by atoms with Crippen molar-refractivity contribution in [1.82, 2.24) is 24.6 Å². The second kappa shape index (κ2) is 8.15. The molecule has 1 amide bonds. The van der Waals surface area contributed by atoms with Gasteiger partial charge in [0.1, 0.15) is 11.6 Å². The second-order valence-corrected chi connectivity index (χ2v) is 8.41. The van der Waals surface area contributed by atoms with Crippen molar-refractivity contribution in [2.75, 3.05) is 13.7 Å². The molecule has 7 heteroatoms. The highest BCUT2D eigenvalue weighted by molar-refractivity contribution is 5.95. The number of imidazole rings is 1. The number of likely N-dealkylation sites (tertiary alicyclic amines) is 1. The van der Waals surface area contributed by atoms with Crippen LogP contribution in [0.3, 0.4) is 0 Å². The largest absolute Gasteiger partial charge is 0.496 e. The number of nitrogens with one attached hydrogen (secondary N) is 1. The van der Waals surface area contributed by atoms with Gasteiger partial charge in [-0.25, -0.2) is 4.98 Å². The third-order valence-electron chi connectivity index (χ3n) is 6.19. The van der Waals surface area contributed by atoms with Crippen molar-refractivity contribution in [1.29, 1.82) is 0 Å². The van der Waals surface area contributed by atoms with Crippen LogP contribution in [0.1, 0.15) is 52.0 Å². The average molecular weight is 430 g/mol. The summed E-state index contributed by atoms with van der Waals surface area (Å²) in [6, 6.07) is 15.6. The van der Waals surface area contributed by atoms with Gasteiger partial charge < -0.3 is 14.6 Å². The monoisotopic (exact) mass is 429 g/mol. The first-order chi connectivity index (χ1) is 15.5.